The molecule has 3 N–H and O–H groups in total. The lowest BCUT2D eigenvalue weighted by atomic mass is 10.3. The number of hydrogen-bond acceptors (Lipinski definition) is 4. The first kappa shape index (κ1) is 10.9. The van der Waals surface area contributed by atoms with Crippen LogP contribution in [0.15, 0.2) is 53.8 Å². The molecule has 2 aromatic rings. The van der Waals surface area contributed by atoms with Gasteiger partial charge in [-0.25, -0.2) is 4.98 Å². The molecule has 0 aliphatic carbocycles. The topological polar surface area (TPSA) is 80.7 Å². The Morgan fingerprint density at radius 2 is 1.94 bits per heavy atom. The minimum absolute atomic E-state index is 0.0865. The van der Waals surface area contributed by atoms with E-state index in [2.05, 4.69) is 10.1 Å². The summed E-state index contributed by atoms with van der Waals surface area (Å²) in [6.45, 7) is 0. The molecule has 0 aliphatic heterocycles. The average molecular weight is 229 g/mol. The van der Waals surface area contributed by atoms with Crippen LogP contribution >= 0.6 is 0 Å². The van der Waals surface area contributed by atoms with Gasteiger partial charge in [-0.3, -0.25) is 0 Å². The number of ether oxygens (including phenoxy) is 1. The maximum Gasteiger partial charge on any atom is 0.192 e. The largest absolute Gasteiger partial charge is 0.455 e. The van der Waals surface area contributed by atoms with Crippen LogP contribution in [0.4, 0.5) is 0 Å². The first-order valence-electron chi connectivity index (χ1n) is 4.97. The number of pyridine rings is 1. The van der Waals surface area contributed by atoms with Crippen molar-refractivity contribution in [2.24, 2.45) is 10.9 Å². The van der Waals surface area contributed by atoms with Crippen molar-refractivity contribution < 1.29 is 9.94 Å². The Balaban J connectivity index is 2.33. The maximum atomic E-state index is 8.65. The molecule has 0 radical (unpaired) electrons. The molecule has 0 unspecified atom stereocenters. The Labute approximate surface area is 98.2 Å². The predicted molar refractivity (Wildman–Crippen MR) is 63.3 cm³/mol. The second-order valence-electron chi connectivity index (χ2n) is 3.25. The average Bonchev–Trinajstić information content (AvgIpc) is 2.40. The van der Waals surface area contributed by atoms with Gasteiger partial charge in [-0.1, -0.05) is 23.4 Å². The van der Waals surface area contributed by atoms with Gasteiger partial charge in [0.15, 0.2) is 17.3 Å². The molecule has 1 aromatic heterocycles. The zero-order valence-electron chi connectivity index (χ0n) is 8.95. The number of nitrogens with zero attached hydrogens (tertiary/aromatic N) is 2. The Morgan fingerprint density at radius 3 is 2.65 bits per heavy atom. The van der Waals surface area contributed by atoms with Crippen molar-refractivity contribution in [2.75, 3.05) is 0 Å². The maximum absolute atomic E-state index is 8.65. The Kier molecular flexibility index (Phi) is 3.20. The van der Waals surface area contributed by atoms with Gasteiger partial charge in [0.05, 0.1) is 0 Å². The van der Waals surface area contributed by atoms with Crippen molar-refractivity contribution in [1.29, 1.82) is 0 Å². The van der Waals surface area contributed by atoms with Crippen LogP contribution < -0.4 is 10.5 Å². The molecule has 1 aromatic carbocycles. The van der Waals surface area contributed by atoms with Crippen LogP contribution in [0.1, 0.15) is 5.69 Å². The van der Waals surface area contributed by atoms with Crippen LogP contribution in [0.2, 0.25) is 0 Å². The van der Waals surface area contributed by atoms with Crippen molar-refractivity contribution in [3.8, 4) is 11.5 Å². The number of para-hydroxylation sites is 1. The summed E-state index contributed by atoms with van der Waals surface area (Å²) < 4.78 is 5.60. The summed E-state index contributed by atoms with van der Waals surface area (Å²) in [6.07, 6.45) is 1.55. The Bertz CT molecular complexity index is 526. The van der Waals surface area contributed by atoms with E-state index in [1.165, 1.54) is 0 Å². The number of amidine groups is 1. The standard InChI is InChI=1S/C12H11N3O2/c13-12(15-16)11-10(7-4-8-14-11)17-9-5-2-1-3-6-9/h1-8,16H,(H2,13,15). The lowest BCUT2D eigenvalue weighted by Crippen LogP contribution is -2.15. The van der Waals surface area contributed by atoms with E-state index in [1.54, 1.807) is 18.3 Å². The molecule has 0 bridgehead atoms. The highest BCUT2D eigenvalue weighted by Crippen LogP contribution is 2.23. The van der Waals surface area contributed by atoms with Gasteiger partial charge in [0, 0.05) is 6.20 Å². The molecule has 17 heavy (non-hydrogen) atoms. The number of benzene rings is 1. The molecule has 0 aliphatic rings. The van der Waals surface area contributed by atoms with E-state index in [1.807, 2.05) is 30.3 Å². The first-order chi connectivity index (χ1) is 8.31. The van der Waals surface area contributed by atoms with Crippen LogP contribution in [-0.2, 0) is 0 Å². The molecule has 0 spiro atoms. The number of hydrogen-bond donors (Lipinski definition) is 2. The first-order valence-corrected chi connectivity index (χ1v) is 4.97. The Morgan fingerprint density at radius 1 is 1.18 bits per heavy atom. The molecule has 0 fully saturated rings. The van der Waals surface area contributed by atoms with Crippen LogP contribution in [0, 0.1) is 0 Å². The summed E-state index contributed by atoms with van der Waals surface area (Å²) in [4.78, 5) is 4.00. The molecule has 0 saturated heterocycles. The van der Waals surface area contributed by atoms with Gasteiger partial charge in [0.25, 0.3) is 0 Å². The van der Waals surface area contributed by atoms with Gasteiger partial charge in [0.2, 0.25) is 0 Å². The van der Waals surface area contributed by atoms with Gasteiger partial charge in [-0.05, 0) is 24.3 Å². The molecule has 86 valence electrons. The van der Waals surface area contributed by atoms with E-state index in [0.29, 0.717) is 17.2 Å². The smallest absolute Gasteiger partial charge is 0.192 e. The van der Waals surface area contributed by atoms with Crippen molar-refractivity contribution in [2.45, 2.75) is 0 Å². The number of rotatable bonds is 3. The zero-order chi connectivity index (χ0) is 12.1. The highest BCUT2D eigenvalue weighted by molar-refractivity contribution is 5.97. The molecular weight excluding hydrogens is 218 g/mol. The Hall–Kier alpha value is -2.56. The third kappa shape index (κ3) is 2.52. The summed E-state index contributed by atoms with van der Waals surface area (Å²) in [5.41, 5.74) is 5.81. The molecule has 0 atom stereocenters. The summed E-state index contributed by atoms with van der Waals surface area (Å²) in [6, 6.07) is 12.6. The van der Waals surface area contributed by atoms with Crippen LogP contribution in [0.5, 0.6) is 11.5 Å². The molecule has 0 saturated carbocycles. The second-order valence-corrected chi connectivity index (χ2v) is 3.25. The second kappa shape index (κ2) is 4.98. The van der Waals surface area contributed by atoms with E-state index in [9.17, 15) is 0 Å². The van der Waals surface area contributed by atoms with Crippen molar-refractivity contribution in [1.82, 2.24) is 4.98 Å². The summed E-state index contributed by atoms with van der Waals surface area (Å²) in [5, 5.41) is 11.6. The molecule has 2 rings (SSSR count). The zero-order valence-corrected chi connectivity index (χ0v) is 8.95. The summed E-state index contributed by atoms with van der Waals surface area (Å²) in [7, 11) is 0. The summed E-state index contributed by atoms with van der Waals surface area (Å²) in [5.74, 6) is 1.01. The predicted octanol–water partition coefficient (Wildman–Crippen LogP) is 1.97. The van der Waals surface area contributed by atoms with Crippen molar-refractivity contribution >= 4 is 5.84 Å². The van der Waals surface area contributed by atoms with Gasteiger partial charge in [0.1, 0.15) is 5.75 Å². The quantitative estimate of drug-likeness (QED) is 0.365. The van der Waals surface area contributed by atoms with Crippen molar-refractivity contribution in [3.63, 3.8) is 0 Å². The number of nitrogens with two attached hydrogens (primary N) is 1. The van der Waals surface area contributed by atoms with E-state index < -0.39 is 0 Å². The lowest BCUT2D eigenvalue weighted by Gasteiger charge is -2.08. The highest BCUT2D eigenvalue weighted by atomic mass is 16.5. The highest BCUT2D eigenvalue weighted by Gasteiger charge is 2.09. The molecule has 0 amide bonds. The lowest BCUT2D eigenvalue weighted by molar-refractivity contribution is 0.318. The molecule has 5 nitrogen and oxygen atoms in total. The van der Waals surface area contributed by atoms with E-state index >= 15 is 0 Å². The minimum Gasteiger partial charge on any atom is -0.455 e. The third-order valence-electron chi connectivity index (χ3n) is 2.09. The van der Waals surface area contributed by atoms with Gasteiger partial charge >= 0.3 is 0 Å². The normalized spacial score (nSPS) is 11.2. The van der Waals surface area contributed by atoms with Crippen molar-refractivity contribution in [3.05, 3.63) is 54.4 Å². The van der Waals surface area contributed by atoms with Crippen LogP contribution in [-0.4, -0.2) is 16.0 Å². The summed E-state index contributed by atoms with van der Waals surface area (Å²) >= 11 is 0. The fourth-order valence-electron chi connectivity index (χ4n) is 1.33. The van der Waals surface area contributed by atoms with Gasteiger partial charge in [-0.2, -0.15) is 0 Å². The van der Waals surface area contributed by atoms with Gasteiger partial charge in [-0.15, -0.1) is 0 Å². The van der Waals surface area contributed by atoms with Crippen LogP contribution in [0.3, 0.4) is 0 Å². The monoisotopic (exact) mass is 229 g/mol. The SMILES string of the molecule is N/C(=N/O)c1ncccc1Oc1ccccc1. The van der Waals surface area contributed by atoms with E-state index in [-0.39, 0.29) is 5.84 Å². The van der Waals surface area contributed by atoms with E-state index in [4.69, 9.17) is 15.7 Å². The van der Waals surface area contributed by atoms with E-state index in [0.717, 1.165) is 0 Å². The molecule has 1 heterocycles. The number of oxime groups is 1. The minimum atomic E-state index is -0.0865. The van der Waals surface area contributed by atoms with Crippen LogP contribution in [0.25, 0.3) is 0 Å². The fraction of sp³-hybridized carbons (Fsp3) is 0. The third-order valence-corrected chi connectivity index (χ3v) is 2.09. The molecule has 5 heteroatoms. The fourth-order valence-corrected chi connectivity index (χ4v) is 1.33. The number of aromatic nitrogens is 1. The van der Waals surface area contributed by atoms with Gasteiger partial charge < -0.3 is 15.7 Å². The molecular formula is C12H11N3O2.